The van der Waals surface area contributed by atoms with E-state index in [9.17, 15) is 14.7 Å². The van der Waals surface area contributed by atoms with Gasteiger partial charge in [0.15, 0.2) is 0 Å². The third-order valence-electron chi connectivity index (χ3n) is 4.91. The highest BCUT2D eigenvalue weighted by Gasteiger charge is 2.19. The Morgan fingerprint density at radius 2 is 1.69 bits per heavy atom. The van der Waals surface area contributed by atoms with Crippen LogP contribution in [0.1, 0.15) is 34.8 Å². The van der Waals surface area contributed by atoms with Gasteiger partial charge in [0.2, 0.25) is 0 Å². The molecule has 0 aliphatic rings. The number of hydrogen-bond donors (Lipinski definition) is 3. The number of anilines is 2. The fourth-order valence-corrected chi connectivity index (χ4v) is 3.74. The van der Waals surface area contributed by atoms with E-state index in [1.54, 1.807) is 24.3 Å². The predicted molar refractivity (Wildman–Crippen MR) is 128 cm³/mol. The molecule has 3 rings (SSSR count). The number of carboxylic acids is 1. The summed E-state index contributed by atoms with van der Waals surface area (Å²) in [6, 6.07) is 13.7. The number of hydrogen-bond acceptors (Lipinski definition) is 4. The fourth-order valence-electron chi connectivity index (χ4n) is 3.28. The molecule has 0 fully saturated rings. The highest BCUT2D eigenvalue weighted by Crippen LogP contribution is 2.29. The number of para-hydroxylation sites is 1. The first-order valence-electron chi connectivity index (χ1n) is 10.2. The van der Waals surface area contributed by atoms with E-state index in [-0.39, 0.29) is 22.4 Å². The van der Waals surface area contributed by atoms with Gasteiger partial charge in [0.25, 0.3) is 5.91 Å². The average molecular weight is 472 g/mol. The number of amides is 1. The van der Waals surface area contributed by atoms with Crippen LogP contribution in [0.25, 0.3) is 0 Å². The Balaban J connectivity index is 1.70. The second-order valence-corrected chi connectivity index (χ2v) is 8.09. The van der Waals surface area contributed by atoms with E-state index < -0.39 is 12.0 Å². The monoisotopic (exact) mass is 471 g/mol. The third-order valence-corrected chi connectivity index (χ3v) is 5.49. The Morgan fingerprint density at radius 1 is 1.03 bits per heavy atom. The third kappa shape index (κ3) is 5.99. The summed E-state index contributed by atoms with van der Waals surface area (Å²) in [5, 5.41) is 16.0. The Bertz CT molecular complexity index is 1080. The molecular formula is C24H23Cl2N3O3. The van der Waals surface area contributed by atoms with Gasteiger partial charge in [0.1, 0.15) is 6.04 Å². The predicted octanol–water partition coefficient (Wildman–Crippen LogP) is 5.70. The zero-order valence-electron chi connectivity index (χ0n) is 17.4. The van der Waals surface area contributed by atoms with E-state index in [0.717, 1.165) is 29.7 Å². The fraction of sp³-hybridized carbons (Fsp3) is 0.208. The van der Waals surface area contributed by atoms with Gasteiger partial charge >= 0.3 is 5.97 Å². The van der Waals surface area contributed by atoms with E-state index in [2.05, 4.69) is 22.5 Å². The summed E-state index contributed by atoms with van der Waals surface area (Å²) in [6.07, 6.45) is 4.88. The molecule has 0 aliphatic heterocycles. The van der Waals surface area contributed by atoms with Crippen molar-refractivity contribution in [2.24, 2.45) is 0 Å². The lowest BCUT2D eigenvalue weighted by atomic mass is 10.0. The molecule has 2 aromatic carbocycles. The quantitative estimate of drug-likeness (QED) is 0.372. The zero-order valence-corrected chi connectivity index (χ0v) is 19.0. The molecule has 8 heteroatoms. The van der Waals surface area contributed by atoms with E-state index >= 15 is 0 Å². The summed E-state index contributed by atoms with van der Waals surface area (Å²) in [5.74, 6) is -1.33. The molecule has 1 heterocycles. The lowest BCUT2D eigenvalue weighted by Crippen LogP contribution is -2.32. The van der Waals surface area contributed by atoms with Gasteiger partial charge < -0.3 is 15.7 Å². The van der Waals surface area contributed by atoms with Crippen molar-refractivity contribution in [2.75, 3.05) is 10.6 Å². The molecule has 0 bridgehead atoms. The van der Waals surface area contributed by atoms with Gasteiger partial charge in [0.05, 0.1) is 15.7 Å². The minimum Gasteiger partial charge on any atom is -0.480 e. The normalized spacial score (nSPS) is 11.6. The van der Waals surface area contributed by atoms with Gasteiger partial charge in [-0.15, -0.1) is 0 Å². The van der Waals surface area contributed by atoms with Crippen molar-refractivity contribution in [1.29, 1.82) is 0 Å². The zero-order chi connectivity index (χ0) is 23.1. The first-order valence-corrected chi connectivity index (χ1v) is 10.9. The largest absolute Gasteiger partial charge is 0.480 e. The van der Waals surface area contributed by atoms with Crippen LogP contribution in [-0.4, -0.2) is 28.0 Å². The van der Waals surface area contributed by atoms with E-state index in [1.165, 1.54) is 12.4 Å². The lowest BCUT2D eigenvalue weighted by Gasteiger charge is -2.18. The van der Waals surface area contributed by atoms with Gasteiger partial charge in [-0.1, -0.05) is 66.9 Å². The number of carboxylic acid groups (broad SMARTS) is 1. The van der Waals surface area contributed by atoms with Gasteiger partial charge in [-0.2, -0.15) is 0 Å². The lowest BCUT2D eigenvalue weighted by molar-refractivity contribution is -0.137. The summed E-state index contributed by atoms with van der Waals surface area (Å²) in [6.45, 7) is 2.08. The van der Waals surface area contributed by atoms with Crippen molar-refractivity contribution in [2.45, 2.75) is 32.2 Å². The molecule has 166 valence electrons. The first kappa shape index (κ1) is 23.6. The van der Waals surface area contributed by atoms with Crippen LogP contribution in [0.3, 0.4) is 0 Å². The molecule has 0 spiro atoms. The summed E-state index contributed by atoms with van der Waals surface area (Å²) in [4.78, 5) is 28.3. The molecule has 1 aromatic heterocycles. The number of carbonyl (C=O) groups excluding carboxylic acids is 1. The van der Waals surface area contributed by atoms with Crippen LogP contribution in [0, 0.1) is 0 Å². The number of carbonyl (C=O) groups is 2. The summed E-state index contributed by atoms with van der Waals surface area (Å²) < 4.78 is 0. The number of rotatable bonds is 9. The molecule has 6 nitrogen and oxygen atoms in total. The standard InChI is InChI=1S/C24H23Cl2N3O3/c1-2-5-16-6-3-4-7-20(16)28-21(24(31)32)12-15-8-10-17(11-9-15)23(30)29-22-18(25)13-27-14-19(22)26/h3-4,6-11,13-14,21,28H,2,5,12H2,1H3,(H,31,32)(H,27,29,30). The highest BCUT2D eigenvalue weighted by atomic mass is 35.5. The molecular weight excluding hydrogens is 449 g/mol. The molecule has 32 heavy (non-hydrogen) atoms. The van der Waals surface area contributed by atoms with Crippen molar-refractivity contribution in [3.63, 3.8) is 0 Å². The molecule has 1 amide bonds. The average Bonchev–Trinajstić information content (AvgIpc) is 2.77. The summed E-state index contributed by atoms with van der Waals surface area (Å²) >= 11 is 12.1. The Morgan fingerprint density at radius 3 is 2.31 bits per heavy atom. The van der Waals surface area contributed by atoms with Gasteiger partial charge in [-0.05, 0) is 35.7 Å². The minimum atomic E-state index is -0.944. The Kier molecular flexibility index (Phi) is 8.09. The number of halogens is 2. The molecule has 0 aliphatic carbocycles. The van der Waals surface area contributed by atoms with Gasteiger partial charge in [-0.3, -0.25) is 9.78 Å². The second kappa shape index (κ2) is 11.0. The summed E-state index contributed by atoms with van der Waals surface area (Å²) in [5.41, 5.74) is 3.38. The smallest absolute Gasteiger partial charge is 0.326 e. The SMILES string of the molecule is CCCc1ccccc1NC(Cc1ccc(C(=O)Nc2c(Cl)cncc2Cl)cc1)C(=O)O. The maximum absolute atomic E-state index is 12.5. The minimum absolute atomic E-state index is 0.237. The number of aliphatic carboxylic acids is 1. The number of nitrogens with zero attached hydrogens (tertiary/aromatic N) is 1. The van der Waals surface area contributed by atoms with Gasteiger partial charge in [0, 0.05) is 30.1 Å². The molecule has 0 radical (unpaired) electrons. The number of benzene rings is 2. The van der Waals surface area contributed by atoms with Crippen LogP contribution < -0.4 is 10.6 Å². The van der Waals surface area contributed by atoms with Crippen LogP contribution >= 0.6 is 23.2 Å². The number of pyridine rings is 1. The molecule has 3 aromatic rings. The molecule has 1 unspecified atom stereocenters. The number of nitrogens with one attached hydrogen (secondary N) is 2. The van der Waals surface area contributed by atoms with Crippen LogP contribution in [0.4, 0.5) is 11.4 Å². The molecule has 0 saturated carbocycles. The Labute approximate surface area is 196 Å². The van der Waals surface area contributed by atoms with Crippen LogP contribution in [0.2, 0.25) is 10.0 Å². The molecule has 3 N–H and O–H groups in total. The van der Waals surface area contributed by atoms with E-state index in [4.69, 9.17) is 23.2 Å². The molecule has 1 atom stereocenters. The second-order valence-electron chi connectivity index (χ2n) is 7.28. The number of aryl methyl sites for hydroxylation is 1. The van der Waals surface area contributed by atoms with Crippen LogP contribution in [0.5, 0.6) is 0 Å². The van der Waals surface area contributed by atoms with E-state index in [0.29, 0.717) is 11.3 Å². The van der Waals surface area contributed by atoms with Crippen molar-refractivity contribution in [3.05, 3.63) is 87.7 Å². The van der Waals surface area contributed by atoms with Crippen LogP contribution in [-0.2, 0) is 17.6 Å². The Hall–Kier alpha value is -3.09. The van der Waals surface area contributed by atoms with Crippen molar-refractivity contribution < 1.29 is 14.7 Å². The summed E-state index contributed by atoms with van der Waals surface area (Å²) in [7, 11) is 0. The topological polar surface area (TPSA) is 91.3 Å². The van der Waals surface area contributed by atoms with Crippen LogP contribution in [0.15, 0.2) is 60.9 Å². The molecule has 0 saturated heterocycles. The highest BCUT2D eigenvalue weighted by molar-refractivity contribution is 6.39. The van der Waals surface area contributed by atoms with Crippen molar-refractivity contribution in [3.8, 4) is 0 Å². The first-order chi connectivity index (χ1) is 15.4. The maximum atomic E-state index is 12.5. The van der Waals surface area contributed by atoms with Crippen molar-refractivity contribution >= 4 is 46.5 Å². The van der Waals surface area contributed by atoms with Crippen molar-refractivity contribution in [1.82, 2.24) is 4.98 Å². The number of aromatic nitrogens is 1. The van der Waals surface area contributed by atoms with E-state index in [1.807, 2.05) is 24.3 Å². The van der Waals surface area contributed by atoms with Gasteiger partial charge in [-0.25, -0.2) is 4.79 Å². The maximum Gasteiger partial charge on any atom is 0.326 e.